The number of nitrogens with zero attached hydrogens (tertiary/aromatic N) is 1. The first kappa shape index (κ1) is 15.6. The zero-order chi connectivity index (χ0) is 15.1. The monoisotopic (exact) mass is 299 g/mol. The average Bonchev–Trinajstić information content (AvgIpc) is 2.46. The Hall–Kier alpha value is -0.785. The third kappa shape index (κ3) is 3.10. The van der Waals surface area contributed by atoms with Crippen LogP contribution in [0, 0.1) is 5.95 Å². The molecule has 0 saturated carbocycles. The summed E-state index contributed by atoms with van der Waals surface area (Å²) in [5, 5.41) is 0. The van der Waals surface area contributed by atoms with Crippen molar-refractivity contribution in [1.82, 2.24) is 4.98 Å². The minimum absolute atomic E-state index is 0.284. The quantitative estimate of drug-likeness (QED) is 0.625. The van der Waals surface area contributed by atoms with Crippen molar-refractivity contribution in [3.8, 4) is 0 Å². The lowest BCUT2D eigenvalue weighted by molar-refractivity contribution is 0.00578. The third-order valence-corrected chi connectivity index (χ3v) is 4.48. The fourth-order valence-electron chi connectivity index (χ4n) is 1.98. The number of hydrogen-bond acceptors (Lipinski definition) is 4. The summed E-state index contributed by atoms with van der Waals surface area (Å²) in [5.41, 5.74) is 0.00543. The van der Waals surface area contributed by atoms with E-state index in [0.29, 0.717) is 11.2 Å². The lowest BCUT2D eigenvalue weighted by atomic mass is 9.83. The molecule has 7 heteroatoms. The van der Waals surface area contributed by atoms with Gasteiger partial charge in [-0.25, -0.2) is 4.98 Å². The van der Waals surface area contributed by atoms with Gasteiger partial charge in [-0.3, -0.25) is 4.21 Å². The lowest BCUT2D eigenvalue weighted by Crippen LogP contribution is -2.41. The molecule has 0 N–H and O–H groups in total. The van der Waals surface area contributed by atoms with Gasteiger partial charge in [0.2, 0.25) is 5.95 Å². The maximum atomic E-state index is 13.6. The molecule has 0 aliphatic carbocycles. The van der Waals surface area contributed by atoms with Crippen LogP contribution in [0.4, 0.5) is 4.39 Å². The van der Waals surface area contributed by atoms with E-state index >= 15 is 0 Å². The number of rotatable bonds is 3. The molecule has 1 aliphatic heterocycles. The fourth-order valence-corrected chi connectivity index (χ4v) is 2.61. The van der Waals surface area contributed by atoms with Crippen LogP contribution in [0.5, 0.6) is 0 Å². The second-order valence-corrected chi connectivity index (χ2v) is 7.46. The second kappa shape index (κ2) is 5.20. The molecule has 0 aromatic carbocycles. The van der Waals surface area contributed by atoms with Crippen molar-refractivity contribution in [1.29, 1.82) is 0 Å². The Kier molecular flexibility index (Phi) is 4.06. The van der Waals surface area contributed by atoms with Crippen LogP contribution < -0.4 is 5.59 Å². The van der Waals surface area contributed by atoms with E-state index in [9.17, 15) is 8.60 Å². The number of pyridine rings is 1. The van der Waals surface area contributed by atoms with E-state index in [2.05, 4.69) is 4.98 Å². The molecule has 1 aliphatic rings. The largest absolute Gasteiger partial charge is 0.514 e. The fraction of sp³-hybridized carbons (Fsp3) is 0.615. The van der Waals surface area contributed by atoms with Gasteiger partial charge in [-0.2, -0.15) is 4.39 Å². The van der Waals surface area contributed by atoms with Crippen LogP contribution in [-0.2, 0) is 25.9 Å². The predicted octanol–water partition coefficient (Wildman–Crippen LogP) is 1.40. The number of aromatic nitrogens is 1. The summed E-state index contributed by atoms with van der Waals surface area (Å²) in [7, 11) is -1.75. The third-order valence-electron chi connectivity index (χ3n) is 3.74. The molecule has 1 aromatic rings. The van der Waals surface area contributed by atoms with Crippen molar-refractivity contribution in [2.75, 3.05) is 6.26 Å². The molecular weight excluding hydrogens is 280 g/mol. The van der Waals surface area contributed by atoms with Crippen LogP contribution in [0.15, 0.2) is 12.1 Å². The van der Waals surface area contributed by atoms with E-state index < -0.39 is 35.1 Å². The van der Waals surface area contributed by atoms with Gasteiger partial charge in [0.1, 0.15) is 0 Å². The molecule has 0 radical (unpaired) electrons. The summed E-state index contributed by atoms with van der Waals surface area (Å²) in [6.45, 7) is 7.70. The van der Waals surface area contributed by atoms with Crippen molar-refractivity contribution >= 4 is 23.5 Å². The summed E-state index contributed by atoms with van der Waals surface area (Å²) >= 11 is 0. The second-order valence-electron chi connectivity index (χ2n) is 6.03. The standard InChI is InChI=1S/C13H19BFNO3S/c1-12(2)13(3,4)19-14(18-12)10-6-9(8-20(5)17)7-11(15)16-10/h6-7H,8H2,1-5H3. The minimum atomic E-state index is -1.04. The van der Waals surface area contributed by atoms with Gasteiger partial charge in [-0.1, -0.05) is 0 Å². The van der Waals surface area contributed by atoms with Gasteiger partial charge >= 0.3 is 7.12 Å². The maximum absolute atomic E-state index is 13.6. The van der Waals surface area contributed by atoms with Crippen LogP contribution in [-0.4, -0.2) is 33.8 Å². The SMILES string of the molecule is CS(=O)Cc1cc(F)nc(B2OC(C)(C)C(C)(C)O2)c1. The van der Waals surface area contributed by atoms with E-state index in [4.69, 9.17) is 9.31 Å². The molecule has 2 heterocycles. The zero-order valence-electron chi connectivity index (χ0n) is 12.4. The summed E-state index contributed by atoms with van der Waals surface area (Å²) in [4.78, 5) is 3.84. The Morgan fingerprint density at radius 3 is 2.30 bits per heavy atom. The van der Waals surface area contributed by atoms with Gasteiger partial charge in [0.15, 0.2) is 0 Å². The van der Waals surface area contributed by atoms with Crippen LogP contribution in [0.1, 0.15) is 33.3 Å². The molecule has 1 fully saturated rings. The number of halogens is 1. The molecule has 1 atom stereocenters. The van der Waals surface area contributed by atoms with Crippen molar-refractivity contribution < 1.29 is 17.9 Å². The van der Waals surface area contributed by atoms with Crippen LogP contribution >= 0.6 is 0 Å². The molecule has 1 aromatic heterocycles. The van der Waals surface area contributed by atoms with Crippen LogP contribution in [0.3, 0.4) is 0 Å². The highest BCUT2D eigenvalue weighted by atomic mass is 32.2. The van der Waals surface area contributed by atoms with Crippen molar-refractivity contribution in [2.45, 2.75) is 44.6 Å². The normalized spacial score (nSPS) is 22.0. The summed E-state index contributed by atoms with van der Waals surface area (Å²) in [6.07, 6.45) is 1.58. The van der Waals surface area contributed by atoms with Crippen molar-refractivity contribution in [3.63, 3.8) is 0 Å². The summed E-state index contributed by atoms with van der Waals surface area (Å²) in [5.74, 6) is -0.330. The molecular formula is C13H19BFNO3S. The molecule has 0 bridgehead atoms. The smallest absolute Gasteiger partial charge is 0.398 e. The van der Waals surface area contributed by atoms with E-state index in [0.717, 1.165) is 0 Å². The van der Waals surface area contributed by atoms with Crippen molar-refractivity contribution in [3.05, 3.63) is 23.6 Å². The van der Waals surface area contributed by atoms with E-state index in [1.54, 1.807) is 12.3 Å². The molecule has 1 unspecified atom stereocenters. The first-order chi connectivity index (χ1) is 9.10. The molecule has 110 valence electrons. The highest BCUT2D eigenvalue weighted by Crippen LogP contribution is 2.36. The molecule has 0 spiro atoms. The van der Waals surface area contributed by atoms with E-state index in [-0.39, 0.29) is 5.75 Å². The van der Waals surface area contributed by atoms with Gasteiger partial charge in [-0.05, 0) is 45.4 Å². The molecule has 20 heavy (non-hydrogen) atoms. The Labute approximate surface area is 121 Å². The first-order valence-corrected chi connectivity index (χ1v) is 8.15. The topological polar surface area (TPSA) is 48.4 Å². The molecule has 2 rings (SSSR count). The van der Waals surface area contributed by atoms with Gasteiger partial charge in [0.05, 0.1) is 16.8 Å². The molecule has 0 amide bonds. The highest BCUT2D eigenvalue weighted by Gasteiger charge is 2.52. The van der Waals surface area contributed by atoms with Crippen LogP contribution in [0.25, 0.3) is 0 Å². The van der Waals surface area contributed by atoms with Gasteiger partial charge < -0.3 is 9.31 Å². The van der Waals surface area contributed by atoms with E-state index in [1.807, 2.05) is 27.7 Å². The number of hydrogen-bond donors (Lipinski definition) is 0. The summed E-state index contributed by atoms with van der Waals surface area (Å²) < 4.78 is 36.5. The minimum Gasteiger partial charge on any atom is -0.398 e. The Morgan fingerprint density at radius 2 is 1.80 bits per heavy atom. The van der Waals surface area contributed by atoms with Gasteiger partial charge in [0.25, 0.3) is 0 Å². The van der Waals surface area contributed by atoms with Gasteiger partial charge in [-0.15, -0.1) is 0 Å². The zero-order valence-corrected chi connectivity index (χ0v) is 13.2. The lowest BCUT2D eigenvalue weighted by Gasteiger charge is -2.32. The molecule has 1 saturated heterocycles. The summed E-state index contributed by atoms with van der Waals surface area (Å²) in [6, 6.07) is 2.97. The van der Waals surface area contributed by atoms with Crippen LogP contribution in [0.2, 0.25) is 0 Å². The van der Waals surface area contributed by atoms with Gasteiger partial charge in [0, 0.05) is 22.8 Å². The Balaban J connectivity index is 2.30. The van der Waals surface area contributed by atoms with Crippen molar-refractivity contribution in [2.24, 2.45) is 0 Å². The Morgan fingerprint density at radius 1 is 1.25 bits per heavy atom. The van der Waals surface area contributed by atoms with E-state index in [1.165, 1.54) is 6.07 Å². The predicted molar refractivity (Wildman–Crippen MR) is 77.7 cm³/mol. The average molecular weight is 299 g/mol. The maximum Gasteiger partial charge on any atom is 0.514 e. The molecule has 4 nitrogen and oxygen atoms in total. The highest BCUT2D eigenvalue weighted by molar-refractivity contribution is 7.83. The Bertz CT molecular complexity index is 534. The first-order valence-electron chi connectivity index (χ1n) is 6.43.